The summed E-state index contributed by atoms with van der Waals surface area (Å²) in [6.45, 7) is 4.44. The molecule has 2 aliphatic rings. The summed E-state index contributed by atoms with van der Waals surface area (Å²) in [5.41, 5.74) is 5.83. The second-order valence-electron chi connectivity index (χ2n) is 7.31. The lowest BCUT2D eigenvalue weighted by atomic mass is 10.0. The molecule has 27 heavy (non-hydrogen) atoms. The van der Waals surface area contributed by atoms with Gasteiger partial charge in [-0.2, -0.15) is 0 Å². The van der Waals surface area contributed by atoms with E-state index >= 15 is 0 Å². The van der Waals surface area contributed by atoms with E-state index in [4.69, 9.17) is 9.26 Å². The van der Waals surface area contributed by atoms with Gasteiger partial charge in [-0.25, -0.2) is 0 Å². The third-order valence-corrected chi connectivity index (χ3v) is 5.17. The van der Waals surface area contributed by atoms with Crippen molar-refractivity contribution < 1.29 is 14.1 Å². The number of hydrogen-bond acceptors (Lipinski definition) is 4. The van der Waals surface area contributed by atoms with Crippen molar-refractivity contribution in [2.75, 3.05) is 0 Å². The molecule has 2 aromatic rings. The minimum Gasteiger partial charge on any atom is -0.489 e. The van der Waals surface area contributed by atoms with Gasteiger partial charge in [0.15, 0.2) is 0 Å². The van der Waals surface area contributed by atoms with E-state index in [9.17, 15) is 4.79 Å². The first-order valence-electron chi connectivity index (χ1n) is 9.36. The average molecular weight is 361 g/mol. The summed E-state index contributed by atoms with van der Waals surface area (Å²) in [7, 11) is 0. The number of carbonyl (C=O) groups is 1. The van der Waals surface area contributed by atoms with Crippen LogP contribution in [0.2, 0.25) is 0 Å². The Labute approximate surface area is 159 Å². The van der Waals surface area contributed by atoms with Gasteiger partial charge in [0.05, 0.1) is 5.56 Å². The summed E-state index contributed by atoms with van der Waals surface area (Å²) < 4.78 is 11.9. The lowest BCUT2D eigenvalue weighted by Crippen LogP contribution is -1.98. The lowest BCUT2D eigenvalue weighted by Gasteiger charge is -2.11. The topological polar surface area (TPSA) is 52.3 Å². The lowest BCUT2D eigenvalue weighted by molar-refractivity contribution is -0.104. The first-order valence-corrected chi connectivity index (χ1v) is 9.36. The Morgan fingerprint density at radius 3 is 2.63 bits per heavy atom. The van der Waals surface area contributed by atoms with Gasteiger partial charge < -0.3 is 9.26 Å². The van der Waals surface area contributed by atoms with Crippen LogP contribution in [0, 0.1) is 0 Å². The standard InChI is InChI=1S/C23H23NO3/c1-15-12-16(2)21(11-10-19(15)13-25)26-14-20-22(17-6-4-3-5-7-17)24-27-23(20)18-8-9-18/h3-7,10-11,13,18H,8-9,12,14H2,1-2H3. The van der Waals surface area contributed by atoms with Crippen molar-refractivity contribution in [1.82, 2.24) is 5.16 Å². The van der Waals surface area contributed by atoms with Crippen molar-refractivity contribution >= 4 is 6.29 Å². The Morgan fingerprint density at radius 2 is 1.93 bits per heavy atom. The number of nitrogens with zero attached hydrogens (tertiary/aromatic N) is 1. The van der Waals surface area contributed by atoms with Crippen LogP contribution >= 0.6 is 0 Å². The molecule has 4 rings (SSSR count). The van der Waals surface area contributed by atoms with Gasteiger partial charge in [0, 0.05) is 17.1 Å². The smallest absolute Gasteiger partial charge is 0.150 e. The molecule has 2 aliphatic carbocycles. The number of rotatable bonds is 6. The summed E-state index contributed by atoms with van der Waals surface area (Å²) in [5.74, 6) is 2.22. The van der Waals surface area contributed by atoms with Crippen molar-refractivity contribution in [3.63, 3.8) is 0 Å². The highest BCUT2D eigenvalue weighted by Crippen LogP contribution is 2.44. The molecule has 0 atom stereocenters. The highest BCUT2D eigenvalue weighted by molar-refractivity contribution is 5.79. The van der Waals surface area contributed by atoms with Gasteiger partial charge >= 0.3 is 0 Å². The van der Waals surface area contributed by atoms with Crippen LogP contribution in [0.1, 0.15) is 50.4 Å². The SMILES string of the molecule is CC1=C(C=O)C=CC(OCc2c(-c3ccccc3)noc2C2CC2)=C(C)C1. The van der Waals surface area contributed by atoms with E-state index in [0.717, 1.165) is 70.6 Å². The van der Waals surface area contributed by atoms with Gasteiger partial charge in [-0.05, 0) is 50.8 Å². The van der Waals surface area contributed by atoms with Gasteiger partial charge in [-0.3, -0.25) is 4.79 Å². The zero-order valence-electron chi connectivity index (χ0n) is 15.7. The number of ether oxygens (including phenoxy) is 1. The summed E-state index contributed by atoms with van der Waals surface area (Å²) in [4.78, 5) is 11.2. The molecular formula is C23H23NO3. The van der Waals surface area contributed by atoms with Gasteiger partial charge in [-0.15, -0.1) is 0 Å². The largest absolute Gasteiger partial charge is 0.489 e. The molecule has 1 aromatic heterocycles. The molecule has 4 nitrogen and oxygen atoms in total. The molecule has 1 saturated carbocycles. The van der Waals surface area contributed by atoms with E-state index in [1.54, 1.807) is 0 Å². The summed E-state index contributed by atoms with van der Waals surface area (Å²) >= 11 is 0. The maximum atomic E-state index is 11.2. The predicted molar refractivity (Wildman–Crippen MR) is 104 cm³/mol. The van der Waals surface area contributed by atoms with E-state index in [2.05, 4.69) is 5.16 Å². The molecule has 0 spiro atoms. The number of aldehydes is 1. The number of hydrogen-bond donors (Lipinski definition) is 0. The second-order valence-corrected chi connectivity index (χ2v) is 7.31. The van der Waals surface area contributed by atoms with Crippen LogP contribution in [-0.2, 0) is 16.1 Å². The monoisotopic (exact) mass is 361 g/mol. The van der Waals surface area contributed by atoms with E-state index in [1.807, 2.05) is 56.3 Å². The van der Waals surface area contributed by atoms with Crippen LogP contribution in [0.15, 0.2) is 69.5 Å². The van der Waals surface area contributed by atoms with Gasteiger partial charge in [0.25, 0.3) is 0 Å². The summed E-state index contributed by atoms with van der Waals surface area (Å²) in [5, 5.41) is 4.34. The Kier molecular flexibility index (Phi) is 4.80. The zero-order chi connectivity index (χ0) is 18.8. The zero-order valence-corrected chi connectivity index (χ0v) is 15.7. The summed E-state index contributed by atoms with van der Waals surface area (Å²) in [6.07, 6.45) is 7.65. The molecule has 0 aliphatic heterocycles. The molecule has 0 unspecified atom stereocenters. The quantitative estimate of drug-likeness (QED) is 0.639. The first kappa shape index (κ1) is 17.5. The molecule has 0 amide bonds. The number of allylic oxidation sites excluding steroid dienone is 5. The highest BCUT2D eigenvalue weighted by Gasteiger charge is 2.32. The fraction of sp³-hybridized carbons (Fsp3) is 0.304. The van der Waals surface area contributed by atoms with Crippen LogP contribution < -0.4 is 0 Å². The van der Waals surface area contributed by atoms with Crippen LogP contribution in [0.25, 0.3) is 11.3 Å². The molecule has 1 fully saturated rings. The van der Waals surface area contributed by atoms with E-state index in [0.29, 0.717) is 12.5 Å². The Balaban J connectivity index is 1.61. The van der Waals surface area contributed by atoms with Crippen LogP contribution in [-0.4, -0.2) is 11.4 Å². The van der Waals surface area contributed by atoms with E-state index in [-0.39, 0.29) is 0 Å². The number of aromatic nitrogens is 1. The molecule has 0 bridgehead atoms. The second kappa shape index (κ2) is 7.39. The molecule has 1 aromatic carbocycles. The van der Waals surface area contributed by atoms with Crippen molar-refractivity contribution in [2.24, 2.45) is 0 Å². The highest BCUT2D eigenvalue weighted by atomic mass is 16.5. The molecule has 138 valence electrons. The predicted octanol–water partition coefficient (Wildman–Crippen LogP) is 5.48. The van der Waals surface area contributed by atoms with Gasteiger partial charge in [0.1, 0.15) is 30.1 Å². The fourth-order valence-corrected chi connectivity index (χ4v) is 3.45. The summed E-state index contributed by atoms with van der Waals surface area (Å²) in [6, 6.07) is 10.1. The Hall–Kier alpha value is -2.88. The molecule has 4 heteroatoms. The first-order chi connectivity index (χ1) is 13.2. The van der Waals surface area contributed by atoms with Crippen molar-refractivity contribution in [1.29, 1.82) is 0 Å². The van der Waals surface area contributed by atoms with Crippen LogP contribution in [0.4, 0.5) is 0 Å². The number of carbonyl (C=O) groups excluding carboxylic acids is 1. The van der Waals surface area contributed by atoms with Crippen LogP contribution in [0.3, 0.4) is 0 Å². The number of benzene rings is 1. The molecular weight excluding hydrogens is 338 g/mol. The van der Waals surface area contributed by atoms with Gasteiger partial charge in [-0.1, -0.05) is 41.1 Å². The molecule has 0 saturated heterocycles. The maximum Gasteiger partial charge on any atom is 0.150 e. The Bertz CT molecular complexity index is 943. The third-order valence-electron chi connectivity index (χ3n) is 5.17. The van der Waals surface area contributed by atoms with Crippen molar-refractivity contribution in [3.05, 3.63) is 76.3 Å². The Morgan fingerprint density at radius 1 is 1.15 bits per heavy atom. The van der Waals surface area contributed by atoms with Crippen molar-refractivity contribution in [3.8, 4) is 11.3 Å². The van der Waals surface area contributed by atoms with Gasteiger partial charge in [0.2, 0.25) is 0 Å². The maximum absolute atomic E-state index is 11.2. The van der Waals surface area contributed by atoms with Crippen LogP contribution in [0.5, 0.6) is 0 Å². The minimum absolute atomic E-state index is 0.409. The van der Waals surface area contributed by atoms with E-state index < -0.39 is 0 Å². The molecule has 0 radical (unpaired) electrons. The fourth-order valence-electron chi connectivity index (χ4n) is 3.45. The van der Waals surface area contributed by atoms with E-state index in [1.165, 1.54) is 0 Å². The average Bonchev–Trinajstić information content (AvgIpc) is 3.46. The van der Waals surface area contributed by atoms with Crippen molar-refractivity contribution in [2.45, 2.75) is 45.6 Å². The molecule has 0 N–H and O–H groups in total. The normalized spacial score (nSPS) is 17.3. The minimum atomic E-state index is 0.409. The third kappa shape index (κ3) is 3.65. The molecule has 1 heterocycles.